The molecule has 0 bridgehead atoms. The van der Waals surface area contributed by atoms with Crippen molar-refractivity contribution in [2.75, 3.05) is 6.54 Å². The quantitative estimate of drug-likeness (QED) is 0.820. The molecule has 0 spiro atoms. The van der Waals surface area contributed by atoms with E-state index in [2.05, 4.69) is 61.5 Å². The summed E-state index contributed by atoms with van der Waals surface area (Å²) < 4.78 is 1.92. The van der Waals surface area contributed by atoms with Crippen LogP contribution in [0.3, 0.4) is 0 Å². The zero-order chi connectivity index (χ0) is 16.1. The summed E-state index contributed by atoms with van der Waals surface area (Å²) in [6.45, 7) is 11.2. The molecule has 0 fully saturated rings. The maximum Gasteiger partial charge on any atom is 0.131 e. The van der Waals surface area contributed by atoms with E-state index in [9.17, 15) is 0 Å². The summed E-state index contributed by atoms with van der Waals surface area (Å²) in [5, 5.41) is 8.83. The molecular weight excluding hydrogens is 294 g/mol. The highest BCUT2D eigenvalue weighted by Crippen LogP contribution is 2.21. The van der Waals surface area contributed by atoms with Crippen LogP contribution in [0.4, 0.5) is 0 Å². The molecule has 120 valence electrons. The maximum absolute atomic E-state index is 6.47. The van der Waals surface area contributed by atoms with Gasteiger partial charge in [-0.25, -0.2) is 0 Å². The monoisotopic (exact) mass is 319 g/mol. The largest absolute Gasteiger partial charge is 0.312 e. The Balaban J connectivity index is 1.93. The highest BCUT2D eigenvalue weighted by atomic mass is 35.5. The number of aromatic nitrogens is 2. The van der Waals surface area contributed by atoms with Crippen LogP contribution >= 0.6 is 11.6 Å². The zero-order valence-electron chi connectivity index (χ0n) is 13.9. The average molecular weight is 320 g/mol. The van der Waals surface area contributed by atoms with Gasteiger partial charge in [0.15, 0.2) is 0 Å². The molecule has 2 aromatic rings. The third-order valence-electron chi connectivity index (χ3n) is 3.84. The van der Waals surface area contributed by atoms with E-state index in [-0.39, 0.29) is 0 Å². The Morgan fingerprint density at radius 1 is 1.18 bits per heavy atom. The Morgan fingerprint density at radius 3 is 2.50 bits per heavy atom. The summed E-state index contributed by atoms with van der Waals surface area (Å²) in [5.74, 6) is 1.02. The number of benzene rings is 1. The minimum Gasteiger partial charge on any atom is -0.312 e. The second-order valence-corrected chi connectivity index (χ2v) is 6.73. The molecule has 0 aliphatic carbocycles. The van der Waals surface area contributed by atoms with Crippen molar-refractivity contribution in [3.63, 3.8) is 0 Å². The standard InChI is InChI=1S/C18H26ClN3/c1-13(2)12-22-18(19)17(15(4)21-22)11-20-10-14(3)16-8-6-5-7-9-16/h5-9,13-14,20H,10-12H2,1-4H3/t14-/m1/s1. The lowest BCUT2D eigenvalue weighted by atomic mass is 10.0. The van der Waals surface area contributed by atoms with Gasteiger partial charge in [0.25, 0.3) is 0 Å². The number of hydrogen-bond donors (Lipinski definition) is 1. The van der Waals surface area contributed by atoms with Gasteiger partial charge in [0.1, 0.15) is 5.15 Å². The lowest BCUT2D eigenvalue weighted by Crippen LogP contribution is -2.20. The van der Waals surface area contributed by atoms with E-state index in [0.29, 0.717) is 11.8 Å². The van der Waals surface area contributed by atoms with Gasteiger partial charge >= 0.3 is 0 Å². The maximum atomic E-state index is 6.47. The molecular formula is C18H26ClN3. The van der Waals surface area contributed by atoms with Crippen LogP contribution in [0, 0.1) is 12.8 Å². The van der Waals surface area contributed by atoms with Gasteiger partial charge in [0.05, 0.1) is 5.69 Å². The average Bonchev–Trinajstić information content (AvgIpc) is 2.74. The van der Waals surface area contributed by atoms with Gasteiger partial charge in [0, 0.05) is 25.2 Å². The third kappa shape index (κ3) is 4.34. The van der Waals surface area contributed by atoms with Crippen molar-refractivity contribution in [1.29, 1.82) is 0 Å². The van der Waals surface area contributed by atoms with Crippen LogP contribution in [0.25, 0.3) is 0 Å². The minimum absolute atomic E-state index is 0.478. The molecule has 1 N–H and O–H groups in total. The molecule has 2 rings (SSSR count). The van der Waals surface area contributed by atoms with E-state index in [4.69, 9.17) is 11.6 Å². The first-order chi connectivity index (χ1) is 10.5. The first kappa shape index (κ1) is 17.0. The van der Waals surface area contributed by atoms with Crippen LogP contribution in [0.5, 0.6) is 0 Å². The fraction of sp³-hybridized carbons (Fsp3) is 0.500. The smallest absolute Gasteiger partial charge is 0.131 e. The van der Waals surface area contributed by atoms with Crippen LogP contribution in [0.15, 0.2) is 30.3 Å². The van der Waals surface area contributed by atoms with E-state index < -0.39 is 0 Å². The molecule has 0 saturated carbocycles. The fourth-order valence-electron chi connectivity index (χ4n) is 2.57. The van der Waals surface area contributed by atoms with Crippen LogP contribution in [-0.4, -0.2) is 16.3 Å². The zero-order valence-corrected chi connectivity index (χ0v) is 14.7. The van der Waals surface area contributed by atoms with Crippen molar-refractivity contribution in [2.24, 2.45) is 5.92 Å². The Morgan fingerprint density at radius 2 is 1.86 bits per heavy atom. The third-order valence-corrected chi connectivity index (χ3v) is 4.27. The summed E-state index contributed by atoms with van der Waals surface area (Å²) >= 11 is 6.47. The van der Waals surface area contributed by atoms with Crippen molar-refractivity contribution in [2.45, 2.75) is 46.7 Å². The van der Waals surface area contributed by atoms with Crippen LogP contribution in [-0.2, 0) is 13.1 Å². The van der Waals surface area contributed by atoms with Gasteiger partial charge in [0.2, 0.25) is 0 Å². The van der Waals surface area contributed by atoms with Gasteiger partial charge < -0.3 is 5.32 Å². The minimum atomic E-state index is 0.478. The summed E-state index contributed by atoms with van der Waals surface area (Å²) in [4.78, 5) is 0. The normalized spacial score (nSPS) is 12.8. The number of aryl methyl sites for hydroxylation is 1. The highest BCUT2D eigenvalue weighted by molar-refractivity contribution is 6.30. The predicted molar refractivity (Wildman–Crippen MR) is 93.4 cm³/mol. The number of nitrogens with zero attached hydrogens (tertiary/aromatic N) is 2. The van der Waals surface area contributed by atoms with Crippen LogP contribution in [0.2, 0.25) is 5.15 Å². The summed E-state index contributed by atoms with van der Waals surface area (Å²) in [6, 6.07) is 10.6. The second kappa shape index (κ2) is 7.80. The Kier molecular flexibility index (Phi) is 6.04. The van der Waals surface area contributed by atoms with E-state index in [1.165, 1.54) is 5.56 Å². The number of halogens is 1. The van der Waals surface area contributed by atoms with E-state index in [0.717, 1.165) is 36.0 Å². The molecule has 0 amide bonds. The fourth-order valence-corrected chi connectivity index (χ4v) is 2.88. The molecule has 1 aromatic heterocycles. The molecule has 0 unspecified atom stereocenters. The molecule has 0 aliphatic heterocycles. The second-order valence-electron chi connectivity index (χ2n) is 6.37. The Bertz CT molecular complexity index is 590. The number of nitrogens with one attached hydrogen (secondary N) is 1. The van der Waals surface area contributed by atoms with Gasteiger partial charge in [-0.3, -0.25) is 4.68 Å². The molecule has 1 heterocycles. The first-order valence-electron chi connectivity index (χ1n) is 7.96. The van der Waals surface area contributed by atoms with Gasteiger partial charge in [-0.05, 0) is 24.3 Å². The topological polar surface area (TPSA) is 29.9 Å². The van der Waals surface area contributed by atoms with Gasteiger partial charge in [-0.1, -0.05) is 62.7 Å². The highest BCUT2D eigenvalue weighted by Gasteiger charge is 2.14. The van der Waals surface area contributed by atoms with E-state index >= 15 is 0 Å². The van der Waals surface area contributed by atoms with Crippen molar-refractivity contribution >= 4 is 11.6 Å². The molecule has 22 heavy (non-hydrogen) atoms. The summed E-state index contributed by atoms with van der Waals surface area (Å²) in [7, 11) is 0. The van der Waals surface area contributed by atoms with E-state index in [1.54, 1.807) is 0 Å². The van der Waals surface area contributed by atoms with Crippen molar-refractivity contribution in [3.8, 4) is 0 Å². The molecule has 1 atom stereocenters. The van der Waals surface area contributed by atoms with E-state index in [1.807, 2.05) is 11.6 Å². The lowest BCUT2D eigenvalue weighted by molar-refractivity contribution is 0.481. The van der Waals surface area contributed by atoms with Crippen molar-refractivity contribution in [1.82, 2.24) is 15.1 Å². The van der Waals surface area contributed by atoms with Crippen LogP contribution < -0.4 is 5.32 Å². The molecule has 4 heteroatoms. The van der Waals surface area contributed by atoms with Gasteiger partial charge in [-0.15, -0.1) is 0 Å². The molecule has 1 aromatic carbocycles. The molecule has 0 radical (unpaired) electrons. The van der Waals surface area contributed by atoms with Crippen LogP contribution in [0.1, 0.15) is 43.5 Å². The number of hydrogen-bond acceptors (Lipinski definition) is 2. The first-order valence-corrected chi connectivity index (χ1v) is 8.34. The summed E-state index contributed by atoms with van der Waals surface area (Å²) in [6.07, 6.45) is 0. The number of rotatable bonds is 7. The lowest BCUT2D eigenvalue weighted by Gasteiger charge is -2.13. The van der Waals surface area contributed by atoms with Crippen molar-refractivity contribution < 1.29 is 0 Å². The van der Waals surface area contributed by atoms with Crippen molar-refractivity contribution in [3.05, 3.63) is 52.3 Å². The molecule has 3 nitrogen and oxygen atoms in total. The molecule has 0 aliphatic rings. The Hall–Kier alpha value is -1.32. The van der Waals surface area contributed by atoms with Gasteiger partial charge in [-0.2, -0.15) is 5.10 Å². The Labute approximate surface area is 138 Å². The SMILES string of the molecule is Cc1nn(CC(C)C)c(Cl)c1CNC[C@@H](C)c1ccccc1. The predicted octanol–water partition coefficient (Wildman–Crippen LogP) is 4.39. The summed E-state index contributed by atoms with van der Waals surface area (Å²) in [5.41, 5.74) is 3.49. The molecule has 0 saturated heterocycles.